The predicted octanol–water partition coefficient (Wildman–Crippen LogP) is 2.73. The number of hydrogen-bond acceptors (Lipinski definition) is 4. The molecule has 1 heterocycles. The molecule has 0 unspecified atom stereocenters. The van der Waals surface area contributed by atoms with Gasteiger partial charge >= 0.3 is 6.03 Å². The lowest BCUT2D eigenvalue weighted by Gasteiger charge is -2.25. The van der Waals surface area contributed by atoms with E-state index in [1.54, 1.807) is 11.3 Å². The van der Waals surface area contributed by atoms with Crippen molar-refractivity contribution in [3.63, 3.8) is 0 Å². The van der Waals surface area contributed by atoms with E-state index in [1.165, 1.54) is 11.3 Å². The Balaban J connectivity index is 1.76. The SMILES string of the molecule is C[C@H](C(=O)NC(=O)NC1CCCCC1)N(C)Cc1cccs1. The predicted molar refractivity (Wildman–Crippen MR) is 88.8 cm³/mol. The van der Waals surface area contributed by atoms with E-state index in [9.17, 15) is 9.59 Å². The van der Waals surface area contributed by atoms with Gasteiger partial charge in [0.15, 0.2) is 0 Å². The minimum atomic E-state index is -0.367. The maximum absolute atomic E-state index is 12.2. The molecular formula is C16H25N3O2S. The molecule has 0 aliphatic heterocycles. The molecule has 2 N–H and O–H groups in total. The van der Waals surface area contributed by atoms with Crippen molar-refractivity contribution in [2.45, 2.75) is 57.7 Å². The first-order valence-corrected chi connectivity index (χ1v) is 8.78. The lowest BCUT2D eigenvalue weighted by Crippen LogP contribution is -2.50. The van der Waals surface area contributed by atoms with E-state index in [4.69, 9.17) is 0 Å². The van der Waals surface area contributed by atoms with Crippen LogP contribution in [0.25, 0.3) is 0 Å². The Hall–Kier alpha value is -1.40. The fourth-order valence-corrected chi connectivity index (χ4v) is 3.44. The highest BCUT2D eigenvalue weighted by Gasteiger charge is 2.22. The van der Waals surface area contributed by atoms with Gasteiger partial charge < -0.3 is 5.32 Å². The van der Waals surface area contributed by atoms with Crippen LogP contribution in [0.15, 0.2) is 17.5 Å². The number of rotatable bonds is 5. The third-order valence-corrected chi connectivity index (χ3v) is 5.06. The standard InChI is InChI=1S/C16H25N3O2S/c1-12(19(2)11-14-9-6-10-22-14)15(20)18-16(21)17-13-7-4-3-5-8-13/h6,9-10,12-13H,3-5,7-8,11H2,1-2H3,(H2,17,18,20,21)/t12-/m1/s1. The molecule has 1 fully saturated rings. The summed E-state index contributed by atoms with van der Waals surface area (Å²) >= 11 is 1.66. The zero-order chi connectivity index (χ0) is 15.9. The Kier molecular flexibility index (Phi) is 6.39. The molecule has 1 atom stereocenters. The van der Waals surface area contributed by atoms with Crippen LogP contribution in [0.3, 0.4) is 0 Å². The van der Waals surface area contributed by atoms with Gasteiger partial charge in [-0.15, -0.1) is 11.3 Å². The number of imide groups is 1. The number of thiophene rings is 1. The van der Waals surface area contributed by atoms with Gasteiger partial charge in [-0.1, -0.05) is 25.3 Å². The van der Waals surface area contributed by atoms with Crippen molar-refractivity contribution in [1.82, 2.24) is 15.5 Å². The molecule has 1 aromatic rings. The van der Waals surface area contributed by atoms with E-state index in [0.717, 1.165) is 25.7 Å². The lowest BCUT2D eigenvalue weighted by atomic mass is 9.96. The number of nitrogens with one attached hydrogen (secondary N) is 2. The summed E-state index contributed by atoms with van der Waals surface area (Å²) in [7, 11) is 1.89. The number of amides is 3. The normalized spacial score (nSPS) is 17.2. The van der Waals surface area contributed by atoms with E-state index < -0.39 is 0 Å². The largest absolute Gasteiger partial charge is 0.335 e. The molecule has 0 spiro atoms. The van der Waals surface area contributed by atoms with Gasteiger partial charge in [-0.3, -0.25) is 15.0 Å². The Morgan fingerprint density at radius 2 is 2.09 bits per heavy atom. The fraction of sp³-hybridized carbons (Fsp3) is 0.625. The first-order chi connectivity index (χ1) is 10.6. The topological polar surface area (TPSA) is 61.4 Å². The summed E-state index contributed by atoms with van der Waals surface area (Å²) < 4.78 is 0. The summed E-state index contributed by atoms with van der Waals surface area (Å²) in [5.74, 6) is -0.257. The van der Waals surface area contributed by atoms with Crippen LogP contribution in [0.4, 0.5) is 4.79 Å². The van der Waals surface area contributed by atoms with Gasteiger partial charge in [0.25, 0.3) is 0 Å². The second-order valence-corrected chi connectivity index (χ2v) is 7.00. The number of hydrogen-bond donors (Lipinski definition) is 2. The smallest absolute Gasteiger partial charge is 0.321 e. The zero-order valence-electron chi connectivity index (χ0n) is 13.3. The highest BCUT2D eigenvalue weighted by Crippen LogP contribution is 2.17. The van der Waals surface area contributed by atoms with Crippen molar-refractivity contribution in [2.75, 3.05) is 7.05 Å². The minimum absolute atomic E-state index is 0.209. The summed E-state index contributed by atoms with van der Waals surface area (Å²) in [5.41, 5.74) is 0. The van der Waals surface area contributed by atoms with E-state index in [2.05, 4.69) is 10.6 Å². The third kappa shape index (κ3) is 5.10. The molecule has 2 rings (SSSR count). The van der Waals surface area contributed by atoms with Crippen molar-refractivity contribution >= 4 is 23.3 Å². The number of urea groups is 1. The lowest BCUT2D eigenvalue weighted by molar-refractivity contribution is -0.124. The van der Waals surface area contributed by atoms with Gasteiger partial charge in [0.1, 0.15) is 0 Å². The zero-order valence-corrected chi connectivity index (χ0v) is 14.1. The van der Waals surface area contributed by atoms with Crippen LogP contribution in [0.1, 0.15) is 43.9 Å². The molecule has 5 nitrogen and oxygen atoms in total. The highest BCUT2D eigenvalue weighted by atomic mass is 32.1. The van der Waals surface area contributed by atoms with E-state index in [-0.39, 0.29) is 24.0 Å². The number of carbonyl (C=O) groups excluding carboxylic acids is 2. The van der Waals surface area contributed by atoms with Gasteiger partial charge in [-0.05, 0) is 38.3 Å². The minimum Gasteiger partial charge on any atom is -0.335 e. The molecule has 0 bridgehead atoms. The van der Waals surface area contributed by atoms with Crippen LogP contribution in [0, 0.1) is 0 Å². The first-order valence-electron chi connectivity index (χ1n) is 7.90. The Morgan fingerprint density at radius 1 is 1.36 bits per heavy atom. The highest BCUT2D eigenvalue weighted by molar-refractivity contribution is 7.09. The van der Waals surface area contributed by atoms with Crippen molar-refractivity contribution in [3.05, 3.63) is 22.4 Å². The number of carbonyl (C=O) groups is 2. The molecule has 1 aliphatic rings. The monoisotopic (exact) mass is 323 g/mol. The maximum Gasteiger partial charge on any atom is 0.321 e. The molecule has 1 aromatic heterocycles. The molecule has 1 saturated carbocycles. The van der Waals surface area contributed by atoms with Gasteiger partial charge in [0.05, 0.1) is 6.04 Å². The van der Waals surface area contributed by atoms with Gasteiger partial charge in [0.2, 0.25) is 5.91 Å². The van der Waals surface area contributed by atoms with Crippen LogP contribution in [0.5, 0.6) is 0 Å². The maximum atomic E-state index is 12.2. The Bertz CT molecular complexity index is 484. The van der Waals surface area contributed by atoms with E-state index in [0.29, 0.717) is 6.54 Å². The van der Waals surface area contributed by atoms with Crippen molar-refractivity contribution in [3.8, 4) is 0 Å². The van der Waals surface area contributed by atoms with Crippen molar-refractivity contribution in [1.29, 1.82) is 0 Å². The van der Waals surface area contributed by atoms with Crippen molar-refractivity contribution in [2.24, 2.45) is 0 Å². The second kappa shape index (κ2) is 8.29. The Morgan fingerprint density at radius 3 is 2.73 bits per heavy atom. The third-order valence-electron chi connectivity index (χ3n) is 4.20. The average Bonchev–Trinajstić information content (AvgIpc) is 3.00. The Labute approximate surface area is 136 Å². The van der Waals surface area contributed by atoms with Crippen molar-refractivity contribution < 1.29 is 9.59 Å². The quantitative estimate of drug-likeness (QED) is 0.876. The summed E-state index contributed by atoms with van der Waals surface area (Å²) in [5, 5.41) is 7.38. The molecule has 6 heteroatoms. The van der Waals surface area contributed by atoms with Gasteiger partial charge in [0, 0.05) is 17.5 Å². The van der Waals surface area contributed by atoms with E-state index >= 15 is 0 Å². The summed E-state index contributed by atoms with van der Waals surface area (Å²) in [4.78, 5) is 27.2. The van der Waals surface area contributed by atoms with Crippen LogP contribution in [-0.2, 0) is 11.3 Å². The molecule has 1 aliphatic carbocycles. The molecular weight excluding hydrogens is 298 g/mol. The van der Waals surface area contributed by atoms with Crippen LogP contribution < -0.4 is 10.6 Å². The average molecular weight is 323 g/mol. The summed E-state index contributed by atoms with van der Waals surface area (Å²) in [6.45, 7) is 2.52. The molecule has 0 saturated heterocycles. The number of nitrogens with zero attached hydrogens (tertiary/aromatic N) is 1. The first kappa shape index (κ1) is 17.0. The van der Waals surface area contributed by atoms with Crippen LogP contribution in [0.2, 0.25) is 0 Å². The summed E-state index contributed by atoms with van der Waals surface area (Å²) in [6, 6.07) is 3.53. The van der Waals surface area contributed by atoms with Gasteiger partial charge in [-0.25, -0.2) is 4.79 Å². The van der Waals surface area contributed by atoms with Gasteiger partial charge in [-0.2, -0.15) is 0 Å². The molecule has 3 amide bonds. The van der Waals surface area contributed by atoms with Crippen LogP contribution >= 0.6 is 11.3 Å². The summed E-state index contributed by atoms with van der Waals surface area (Å²) in [6.07, 6.45) is 5.56. The van der Waals surface area contributed by atoms with E-state index in [1.807, 2.05) is 36.4 Å². The molecule has 122 valence electrons. The second-order valence-electron chi connectivity index (χ2n) is 5.97. The molecule has 0 aromatic carbocycles. The fourth-order valence-electron chi connectivity index (χ4n) is 2.67. The molecule has 0 radical (unpaired) electrons. The molecule has 22 heavy (non-hydrogen) atoms. The van der Waals surface area contributed by atoms with Crippen LogP contribution in [-0.4, -0.2) is 36.0 Å². The number of likely N-dealkylation sites (N-methyl/N-ethyl adjacent to an activating group) is 1.